The molecule has 0 radical (unpaired) electrons. The minimum atomic E-state index is -0.243. The van der Waals surface area contributed by atoms with Gasteiger partial charge in [0.05, 0.1) is 0 Å². The normalized spacial score (nSPS) is 13.8. The number of anilines is 1. The van der Waals surface area contributed by atoms with E-state index in [4.69, 9.17) is 4.74 Å². The molecule has 2 rings (SSSR count). The second kappa shape index (κ2) is 7.78. The van der Waals surface area contributed by atoms with Crippen LogP contribution >= 0.6 is 0 Å². The second-order valence-corrected chi connectivity index (χ2v) is 5.39. The fourth-order valence-electron chi connectivity index (χ4n) is 1.87. The van der Waals surface area contributed by atoms with Crippen LogP contribution in [0.25, 0.3) is 0 Å². The predicted octanol–water partition coefficient (Wildman–Crippen LogP) is 2.83. The smallest absolute Gasteiger partial charge is 0.319 e. The lowest BCUT2D eigenvalue weighted by atomic mass is 10.1. The molecule has 0 unspecified atom stereocenters. The number of hydrogen-bond donors (Lipinski definition) is 2. The molecule has 21 heavy (non-hydrogen) atoms. The summed E-state index contributed by atoms with van der Waals surface area (Å²) in [6.07, 6.45) is 3.40. The van der Waals surface area contributed by atoms with E-state index in [1.165, 1.54) is 19.8 Å². The van der Waals surface area contributed by atoms with Crippen LogP contribution in [0.2, 0.25) is 0 Å². The van der Waals surface area contributed by atoms with Crippen LogP contribution in [0.4, 0.5) is 10.5 Å². The van der Waals surface area contributed by atoms with Crippen LogP contribution in [0.1, 0.15) is 36.5 Å². The number of urea groups is 1. The van der Waals surface area contributed by atoms with Crippen LogP contribution in [-0.4, -0.2) is 31.6 Å². The SMILES string of the molecule is CC(=O)c1ccc(NC(=O)NCCCOCC2CC2)cc1. The maximum Gasteiger partial charge on any atom is 0.319 e. The highest BCUT2D eigenvalue weighted by Gasteiger charge is 2.20. The largest absolute Gasteiger partial charge is 0.381 e. The first-order valence-corrected chi connectivity index (χ1v) is 7.39. The summed E-state index contributed by atoms with van der Waals surface area (Å²) in [5.41, 5.74) is 1.30. The summed E-state index contributed by atoms with van der Waals surface area (Å²) in [6, 6.07) is 6.59. The van der Waals surface area contributed by atoms with Gasteiger partial charge in [-0.05, 0) is 56.4 Å². The highest BCUT2D eigenvalue weighted by atomic mass is 16.5. The average molecular weight is 290 g/mol. The zero-order chi connectivity index (χ0) is 15.1. The van der Waals surface area contributed by atoms with Gasteiger partial charge in [-0.2, -0.15) is 0 Å². The summed E-state index contributed by atoms with van der Waals surface area (Å²) >= 11 is 0. The minimum Gasteiger partial charge on any atom is -0.381 e. The Kier molecular flexibility index (Phi) is 5.75. The molecule has 0 atom stereocenters. The number of benzene rings is 1. The molecular formula is C16H22N2O3. The van der Waals surface area contributed by atoms with Crippen molar-refractivity contribution in [3.8, 4) is 0 Å². The lowest BCUT2D eigenvalue weighted by molar-refractivity contribution is 0.101. The van der Waals surface area contributed by atoms with Gasteiger partial charge in [0.15, 0.2) is 5.78 Å². The Labute approximate surface area is 125 Å². The molecule has 2 N–H and O–H groups in total. The van der Waals surface area contributed by atoms with E-state index in [-0.39, 0.29) is 11.8 Å². The third-order valence-electron chi connectivity index (χ3n) is 3.35. The number of carbonyl (C=O) groups excluding carboxylic acids is 2. The molecule has 2 amide bonds. The van der Waals surface area contributed by atoms with Crippen LogP contribution in [0, 0.1) is 5.92 Å². The molecule has 1 aromatic rings. The molecule has 1 aliphatic rings. The van der Waals surface area contributed by atoms with Crippen LogP contribution in [-0.2, 0) is 4.74 Å². The van der Waals surface area contributed by atoms with E-state index in [0.29, 0.717) is 24.4 Å². The van der Waals surface area contributed by atoms with Crippen LogP contribution < -0.4 is 10.6 Å². The number of Topliss-reactive ketones (excluding diaryl/α,β-unsaturated/α-hetero) is 1. The first kappa shape index (κ1) is 15.5. The van der Waals surface area contributed by atoms with Gasteiger partial charge in [0, 0.05) is 31.0 Å². The quantitative estimate of drug-likeness (QED) is 0.571. The Balaban J connectivity index is 1.58. The predicted molar refractivity (Wildman–Crippen MR) is 81.6 cm³/mol. The third kappa shape index (κ3) is 5.95. The lowest BCUT2D eigenvalue weighted by Crippen LogP contribution is -2.30. The molecule has 0 bridgehead atoms. The van der Waals surface area contributed by atoms with Gasteiger partial charge < -0.3 is 15.4 Å². The van der Waals surface area contributed by atoms with Crippen molar-refractivity contribution in [3.63, 3.8) is 0 Å². The molecule has 0 heterocycles. The number of nitrogens with one attached hydrogen (secondary N) is 2. The Morgan fingerprint density at radius 3 is 2.57 bits per heavy atom. The van der Waals surface area contributed by atoms with Gasteiger partial charge >= 0.3 is 6.03 Å². The number of carbonyl (C=O) groups is 2. The summed E-state index contributed by atoms with van der Waals surface area (Å²) in [5, 5.41) is 5.50. The molecule has 0 saturated heterocycles. The Morgan fingerprint density at radius 1 is 1.24 bits per heavy atom. The van der Waals surface area contributed by atoms with Crippen molar-refractivity contribution in [2.24, 2.45) is 5.92 Å². The van der Waals surface area contributed by atoms with Gasteiger partial charge in [0.1, 0.15) is 0 Å². The molecule has 1 aromatic carbocycles. The van der Waals surface area contributed by atoms with Crippen molar-refractivity contribution in [1.82, 2.24) is 5.32 Å². The van der Waals surface area contributed by atoms with Gasteiger partial charge in [-0.25, -0.2) is 4.79 Å². The van der Waals surface area contributed by atoms with Gasteiger partial charge in [0.25, 0.3) is 0 Å². The molecule has 0 aromatic heterocycles. The number of ether oxygens (including phenoxy) is 1. The summed E-state index contributed by atoms with van der Waals surface area (Å²) in [4.78, 5) is 22.8. The highest BCUT2D eigenvalue weighted by molar-refractivity contribution is 5.95. The number of rotatable bonds is 8. The molecule has 5 nitrogen and oxygen atoms in total. The topological polar surface area (TPSA) is 67.4 Å². The Bertz CT molecular complexity index is 481. The average Bonchev–Trinajstić information content (AvgIpc) is 3.27. The molecular weight excluding hydrogens is 268 g/mol. The highest BCUT2D eigenvalue weighted by Crippen LogP contribution is 2.28. The lowest BCUT2D eigenvalue weighted by Gasteiger charge is -2.08. The zero-order valence-electron chi connectivity index (χ0n) is 12.4. The maximum absolute atomic E-state index is 11.7. The first-order chi connectivity index (χ1) is 10.1. The van der Waals surface area contributed by atoms with Gasteiger partial charge in [-0.1, -0.05) is 0 Å². The number of amides is 2. The van der Waals surface area contributed by atoms with Crippen LogP contribution in [0.3, 0.4) is 0 Å². The summed E-state index contributed by atoms with van der Waals surface area (Å²) < 4.78 is 5.49. The standard InChI is InChI=1S/C16H22N2O3/c1-12(19)14-5-7-15(8-6-14)18-16(20)17-9-2-10-21-11-13-3-4-13/h5-8,13H,2-4,9-11H2,1H3,(H2,17,18,20). The van der Waals surface area contributed by atoms with Crippen molar-refractivity contribution in [2.75, 3.05) is 25.1 Å². The van der Waals surface area contributed by atoms with Crippen molar-refractivity contribution >= 4 is 17.5 Å². The molecule has 1 aliphatic carbocycles. The van der Waals surface area contributed by atoms with Crippen LogP contribution in [0.5, 0.6) is 0 Å². The Hall–Kier alpha value is -1.88. The number of ketones is 1. The van der Waals surface area contributed by atoms with Crippen molar-refractivity contribution in [3.05, 3.63) is 29.8 Å². The van der Waals surface area contributed by atoms with E-state index in [1.54, 1.807) is 24.3 Å². The Morgan fingerprint density at radius 2 is 1.95 bits per heavy atom. The fourth-order valence-corrected chi connectivity index (χ4v) is 1.87. The third-order valence-corrected chi connectivity index (χ3v) is 3.35. The second-order valence-electron chi connectivity index (χ2n) is 5.39. The summed E-state index contributed by atoms with van der Waals surface area (Å²) in [6.45, 7) is 3.64. The monoisotopic (exact) mass is 290 g/mol. The van der Waals surface area contributed by atoms with Gasteiger partial charge in [-0.15, -0.1) is 0 Å². The van der Waals surface area contributed by atoms with Crippen molar-refractivity contribution in [1.29, 1.82) is 0 Å². The van der Waals surface area contributed by atoms with E-state index >= 15 is 0 Å². The van der Waals surface area contributed by atoms with E-state index in [1.807, 2.05) is 0 Å². The van der Waals surface area contributed by atoms with Gasteiger partial charge in [-0.3, -0.25) is 4.79 Å². The van der Waals surface area contributed by atoms with Crippen LogP contribution in [0.15, 0.2) is 24.3 Å². The summed E-state index contributed by atoms with van der Waals surface area (Å²) in [7, 11) is 0. The fraction of sp³-hybridized carbons (Fsp3) is 0.500. The number of hydrogen-bond acceptors (Lipinski definition) is 3. The molecule has 0 aliphatic heterocycles. The molecule has 5 heteroatoms. The van der Waals surface area contributed by atoms with E-state index in [9.17, 15) is 9.59 Å². The minimum absolute atomic E-state index is 0.0113. The van der Waals surface area contributed by atoms with E-state index in [2.05, 4.69) is 10.6 Å². The van der Waals surface area contributed by atoms with Crippen molar-refractivity contribution < 1.29 is 14.3 Å². The zero-order valence-corrected chi connectivity index (χ0v) is 12.4. The van der Waals surface area contributed by atoms with E-state index in [0.717, 1.165) is 18.9 Å². The maximum atomic E-state index is 11.7. The molecule has 1 fully saturated rings. The first-order valence-electron chi connectivity index (χ1n) is 7.39. The molecule has 1 saturated carbocycles. The summed E-state index contributed by atoms with van der Waals surface area (Å²) in [5.74, 6) is 0.788. The van der Waals surface area contributed by atoms with E-state index < -0.39 is 0 Å². The molecule has 114 valence electrons. The van der Waals surface area contributed by atoms with Crippen molar-refractivity contribution in [2.45, 2.75) is 26.2 Å². The molecule has 0 spiro atoms. The van der Waals surface area contributed by atoms with Gasteiger partial charge in [0.2, 0.25) is 0 Å².